The molecule has 0 spiro atoms. The fourth-order valence-corrected chi connectivity index (χ4v) is 4.02. The Kier molecular flexibility index (Phi) is 7.56. The van der Waals surface area contributed by atoms with Gasteiger partial charge in [0.25, 0.3) is 0 Å². The van der Waals surface area contributed by atoms with Crippen LogP contribution < -0.4 is 11.1 Å². The summed E-state index contributed by atoms with van der Waals surface area (Å²) in [5, 5.41) is 2.86. The van der Waals surface area contributed by atoms with Gasteiger partial charge in [-0.25, -0.2) is 13.2 Å². The number of carbonyl (C=O) groups is 2. The Bertz CT molecular complexity index is 1010. The molecular formula is C24H28F3N3O2. The number of carbonyl (C=O) groups excluding carboxylic acids is 2. The van der Waals surface area contributed by atoms with E-state index in [0.717, 1.165) is 22.8 Å². The van der Waals surface area contributed by atoms with Crippen LogP contribution in [-0.4, -0.2) is 41.9 Å². The standard InChI is InChI=1S/C24H28F3N3O2/c1-14-4-5-15(2)16(8-14)11-22-24(32)29-6-3-7-30(22)23(31)12-18(28)9-17-10-20(26)21(27)13-19(17)25/h4-5,8,10,13,18,22H,3,6-7,9,11-12,28H2,1-2H3,(H,29,32)/t18-,22?/m1/s1. The van der Waals surface area contributed by atoms with Crippen LogP contribution in [0.4, 0.5) is 13.2 Å². The van der Waals surface area contributed by atoms with Crippen LogP contribution in [0.15, 0.2) is 30.3 Å². The molecule has 1 heterocycles. The largest absolute Gasteiger partial charge is 0.354 e. The van der Waals surface area contributed by atoms with Crippen molar-refractivity contribution in [3.63, 3.8) is 0 Å². The zero-order valence-electron chi connectivity index (χ0n) is 18.3. The molecule has 0 aliphatic carbocycles. The van der Waals surface area contributed by atoms with Crippen molar-refractivity contribution >= 4 is 11.8 Å². The van der Waals surface area contributed by atoms with Crippen LogP contribution >= 0.6 is 0 Å². The number of nitrogens with zero attached hydrogens (tertiary/aromatic N) is 1. The minimum Gasteiger partial charge on any atom is -0.354 e. The third kappa shape index (κ3) is 5.68. The Balaban J connectivity index is 1.75. The highest BCUT2D eigenvalue weighted by Gasteiger charge is 2.32. The zero-order chi connectivity index (χ0) is 23.4. The average Bonchev–Trinajstić information content (AvgIpc) is 2.90. The number of nitrogens with one attached hydrogen (secondary N) is 1. The first kappa shape index (κ1) is 23.8. The lowest BCUT2D eigenvalue weighted by atomic mass is 9.97. The summed E-state index contributed by atoms with van der Waals surface area (Å²) in [5.74, 6) is -3.91. The normalized spacial score (nSPS) is 17.6. The lowest BCUT2D eigenvalue weighted by Crippen LogP contribution is -2.49. The van der Waals surface area contributed by atoms with E-state index in [1.54, 1.807) is 0 Å². The summed E-state index contributed by atoms with van der Waals surface area (Å²) in [6.07, 6.45) is 0.706. The number of benzene rings is 2. The van der Waals surface area contributed by atoms with Crippen molar-refractivity contribution in [2.45, 2.75) is 51.6 Å². The summed E-state index contributed by atoms with van der Waals surface area (Å²) in [6.45, 7) is 4.79. The molecule has 2 atom stereocenters. The second-order valence-electron chi connectivity index (χ2n) is 8.41. The maximum absolute atomic E-state index is 14.0. The van der Waals surface area contributed by atoms with Crippen LogP contribution in [0.5, 0.6) is 0 Å². The first-order chi connectivity index (χ1) is 15.2. The maximum atomic E-state index is 14.0. The minimum absolute atomic E-state index is 0.0928. The molecule has 2 amide bonds. The molecule has 1 fully saturated rings. The highest BCUT2D eigenvalue weighted by atomic mass is 19.2. The molecule has 172 valence electrons. The molecule has 8 heteroatoms. The second kappa shape index (κ2) is 10.2. The number of halogens is 3. The topological polar surface area (TPSA) is 75.4 Å². The Morgan fingerprint density at radius 1 is 1.12 bits per heavy atom. The SMILES string of the molecule is Cc1ccc(C)c(CC2C(=O)NCCCN2C(=O)C[C@H](N)Cc2cc(F)c(F)cc2F)c1. The minimum atomic E-state index is -1.28. The van der Waals surface area contributed by atoms with E-state index in [1.807, 2.05) is 32.0 Å². The molecule has 0 aromatic heterocycles. The van der Waals surface area contributed by atoms with Gasteiger partial charge in [0, 0.05) is 38.0 Å². The van der Waals surface area contributed by atoms with E-state index in [2.05, 4.69) is 5.32 Å². The fourth-order valence-electron chi connectivity index (χ4n) is 4.02. The molecule has 3 N–H and O–H groups in total. The third-order valence-corrected chi connectivity index (χ3v) is 5.80. The molecular weight excluding hydrogens is 419 g/mol. The van der Waals surface area contributed by atoms with Crippen LogP contribution in [0, 0.1) is 31.3 Å². The Hall–Kier alpha value is -2.87. The van der Waals surface area contributed by atoms with Crippen molar-refractivity contribution in [1.29, 1.82) is 0 Å². The third-order valence-electron chi connectivity index (χ3n) is 5.80. The van der Waals surface area contributed by atoms with E-state index < -0.39 is 29.5 Å². The molecule has 1 aliphatic heterocycles. The van der Waals surface area contributed by atoms with Crippen LogP contribution in [-0.2, 0) is 22.4 Å². The maximum Gasteiger partial charge on any atom is 0.243 e. The molecule has 1 unspecified atom stereocenters. The molecule has 32 heavy (non-hydrogen) atoms. The van der Waals surface area contributed by atoms with Gasteiger partial charge in [0.1, 0.15) is 11.9 Å². The van der Waals surface area contributed by atoms with E-state index in [4.69, 9.17) is 5.73 Å². The summed E-state index contributed by atoms with van der Waals surface area (Å²) < 4.78 is 40.6. The number of aryl methyl sites for hydroxylation is 2. The molecule has 1 saturated heterocycles. The van der Waals surface area contributed by atoms with Crippen molar-refractivity contribution in [3.05, 3.63) is 70.0 Å². The van der Waals surface area contributed by atoms with Crippen LogP contribution in [0.2, 0.25) is 0 Å². The van der Waals surface area contributed by atoms with E-state index in [0.29, 0.717) is 32.0 Å². The van der Waals surface area contributed by atoms with Crippen molar-refractivity contribution in [3.8, 4) is 0 Å². The number of nitrogens with two attached hydrogens (primary N) is 1. The van der Waals surface area contributed by atoms with Gasteiger partial charge in [-0.15, -0.1) is 0 Å². The lowest BCUT2D eigenvalue weighted by molar-refractivity contribution is -0.139. The predicted molar refractivity (Wildman–Crippen MR) is 115 cm³/mol. The van der Waals surface area contributed by atoms with Gasteiger partial charge >= 0.3 is 0 Å². The first-order valence-corrected chi connectivity index (χ1v) is 10.7. The summed E-state index contributed by atoms with van der Waals surface area (Å²) in [5.41, 5.74) is 9.04. The van der Waals surface area contributed by atoms with Crippen LogP contribution in [0.3, 0.4) is 0 Å². The molecule has 0 radical (unpaired) electrons. The average molecular weight is 448 g/mol. The van der Waals surface area contributed by atoms with Gasteiger partial charge < -0.3 is 16.0 Å². The molecule has 0 saturated carbocycles. The fraction of sp³-hybridized carbons (Fsp3) is 0.417. The highest BCUT2D eigenvalue weighted by molar-refractivity contribution is 5.88. The zero-order valence-corrected chi connectivity index (χ0v) is 18.3. The molecule has 2 aromatic rings. The van der Waals surface area contributed by atoms with Crippen LogP contribution in [0.25, 0.3) is 0 Å². The second-order valence-corrected chi connectivity index (χ2v) is 8.41. The highest BCUT2D eigenvalue weighted by Crippen LogP contribution is 2.20. The quantitative estimate of drug-likeness (QED) is 0.669. The Morgan fingerprint density at radius 2 is 1.84 bits per heavy atom. The van der Waals surface area contributed by atoms with E-state index in [-0.39, 0.29) is 30.2 Å². The molecule has 3 rings (SSSR count). The van der Waals surface area contributed by atoms with E-state index in [1.165, 1.54) is 4.90 Å². The molecule has 0 bridgehead atoms. The van der Waals surface area contributed by atoms with Crippen molar-refractivity contribution in [2.24, 2.45) is 5.73 Å². The Labute approximate surface area is 185 Å². The van der Waals surface area contributed by atoms with Crippen molar-refractivity contribution < 1.29 is 22.8 Å². The first-order valence-electron chi connectivity index (χ1n) is 10.7. The van der Waals surface area contributed by atoms with Crippen molar-refractivity contribution in [2.75, 3.05) is 13.1 Å². The molecule has 1 aliphatic rings. The molecule has 5 nitrogen and oxygen atoms in total. The number of amides is 2. The van der Waals surface area contributed by atoms with E-state index in [9.17, 15) is 22.8 Å². The summed E-state index contributed by atoms with van der Waals surface area (Å²) in [4.78, 5) is 27.4. The van der Waals surface area contributed by atoms with Gasteiger partial charge in [0.15, 0.2) is 11.6 Å². The van der Waals surface area contributed by atoms with E-state index >= 15 is 0 Å². The smallest absolute Gasteiger partial charge is 0.243 e. The monoisotopic (exact) mass is 447 g/mol. The number of hydrogen-bond acceptors (Lipinski definition) is 3. The number of hydrogen-bond donors (Lipinski definition) is 2. The predicted octanol–water partition coefficient (Wildman–Crippen LogP) is 2.94. The summed E-state index contributed by atoms with van der Waals surface area (Å²) in [6, 6.07) is 5.72. The van der Waals surface area contributed by atoms with Gasteiger partial charge in [-0.3, -0.25) is 9.59 Å². The van der Waals surface area contributed by atoms with Crippen LogP contribution in [0.1, 0.15) is 35.1 Å². The van der Waals surface area contributed by atoms with Gasteiger partial charge in [-0.05, 0) is 49.4 Å². The lowest BCUT2D eigenvalue weighted by Gasteiger charge is -2.30. The van der Waals surface area contributed by atoms with Gasteiger partial charge in [-0.2, -0.15) is 0 Å². The van der Waals surface area contributed by atoms with Gasteiger partial charge in [0.2, 0.25) is 11.8 Å². The van der Waals surface area contributed by atoms with Gasteiger partial charge in [-0.1, -0.05) is 23.8 Å². The summed E-state index contributed by atoms with van der Waals surface area (Å²) >= 11 is 0. The summed E-state index contributed by atoms with van der Waals surface area (Å²) in [7, 11) is 0. The molecule has 2 aromatic carbocycles. The Morgan fingerprint density at radius 3 is 2.59 bits per heavy atom. The number of rotatable bonds is 6. The van der Waals surface area contributed by atoms with Gasteiger partial charge in [0.05, 0.1) is 0 Å². The van der Waals surface area contributed by atoms with Crippen molar-refractivity contribution in [1.82, 2.24) is 10.2 Å².